The molecule has 16 heavy (non-hydrogen) atoms. The van der Waals surface area contributed by atoms with E-state index >= 15 is 0 Å². The molecule has 0 spiro atoms. The normalized spacial score (nSPS) is 23.4. The van der Waals surface area contributed by atoms with Gasteiger partial charge in [-0.25, -0.2) is 0 Å². The van der Waals surface area contributed by atoms with Crippen molar-refractivity contribution < 1.29 is 4.74 Å². The van der Waals surface area contributed by atoms with Crippen LogP contribution in [0.4, 0.5) is 0 Å². The molecule has 0 amide bonds. The van der Waals surface area contributed by atoms with Gasteiger partial charge in [-0.05, 0) is 26.0 Å². The first-order chi connectivity index (χ1) is 7.48. The summed E-state index contributed by atoms with van der Waals surface area (Å²) in [6, 6.07) is 5.45. The van der Waals surface area contributed by atoms with E-state index in [9.17, 15) is 0 Å². The van der Waals surface area contributed by atoms with Crippen LogP contribution >= 0.6 is 23.2 Å². The van der Waals surface area contributed by atoms with Gasteiger partial charge in [0.05, 0.1) is 5.02 Å². The van der Waals surface area contributed by atoms with Gasteiger partial charge in [-0.3, -0.25) is 0 Å². The monoisotopic (exact) mass is 259 g/mol. The lowest BCUT2D eigenvalue weighted by Crippen LogP contribution is -2.31. The zero-order valence-corrected chi connectivity index (χ0v) is 10.9. The van der Waals surface area contributed by atoms with Gasteiger partial charge in [0, 0.05) is 18.5 Å². The zero-order chi connectivity index (χ0) is 11.8. The molecule has 0 saturated carbocycles. The Morgan fingerprint density at radius 3 is 2.75 bits per heavy atom. The second-order valence-electron chi connectivity index (χ2n) is 4.76. The third kappa shape index (κ3) is 2.62. The summed E-state index contributed by atoms with van der Waals surface area (Å²) in [5, 5.41) is 4.43. The lowest BCUT2D eigenvalue weighted by Gasteiger charge is -2.18. The molecule has 2 nitrogen and oxygen atoms in total. The fraction of sp³-hybridized carbons (Fsp3) is 0.500. The van der Waals surface area contributed by atoms with Crippen LogP contribution in [0.3, 0.4) is 0 Å². The SMILES string of the molecule is CC1(C)CC(Oc2cccc(Cl)c2Cl)CN1. The molecule has 1 saturated heterocycles. The lowest BCUT2D eigenvalue weighted by atomic mass is 10.0. The zero-order valence-electron chi connectivity index (χ0n) is 9.39. The highest BCUT2D eigenvalue weighted by molar-refractivity contribution is 6.42. The standard InChI is InChI=1S/C12H15Cl2NO/c1-12(2)6-8(7-15-12)16-10-5-3-4-9(13)11(10)14/h3-5,8,15H,6-7H2,1-2H3. The Morgan fingerprint density at radius 2 is 2.12 bits per heavy atom. The van der Waals surface area contributed by atoms with Crippen molar-refractivity contribution >= 4 is 23.2 Å². The molecule has 0 bridgehead atoms. The first kappa shape index (κ1) is 12.0. The number of benzene rings is 1. The van der Waals surface area contributed by atoms with Crippen molar-refractivity contribution in [3.8, 4) is 5.75 Å². The van der Waals surface area contributed by atoms with E-state index < -0.39 is 0 Å². The van der Waals surface area contributed by atoms with Crippen molar-refractivity contribution in [2.75, 3.05) is 6.54 Å². The van der Waals surface area contributed by atoms with Crippen LogP contribution in [0, 0.1) is 0 Å². The van der Waals surface area contributed by atoms with Crippen molar-refractivity contribution in [3.63, 3.8) is 0 Å². The molecule has 1 aliphatic rings. The van der Waals surface area contributed by atoms with Gasteiger partial charge in [0.2, 0.25) is 0 Å². The van der Waals surface area contributed by atoms with E-state index in [1.165, 1.54) is 0 Å². The van der Waals surface area contributed by atoms with Crippen molar-refractivity contribution in [2.45, 2.75) is 31.9 Å². The highest BCUT2D eigenvalue weighted by atomic mass is 35.5. The van der Waals surface area contributed by atoms with Crippen LogP contribution in [0.15, 0.2) is 18.2 Å². The Balaban J connectivity index is 2.08. The van der Waals surface area contributed by atoms with E-state index in [1.54, 1.807) is 6.07 Å². The van der Waals surface area contributed by atoms with E-state index in [4.69, 9.17) is 27.9 Å². The van der Waals surface area contributed by atoms with Crippen molar-refractivity contribution in [1.82, 2.24) is 5.32 Å². The fourth-order valence-electron chi connectivity index (χ4n) is 1.94. The van der Waals surface area contributed by atoms with Crippen LogP contribution in [0.1, 0.15) is 20.3 Å². The molecule has 0 aliphatic carbocycles. The van der Waals surface area contributed by atoms with Crippen LogP contribution in [-0.2, 0) is 0 Å². The van der Waals surface area contributed by atoms with E-state index in [2.05, 4.69) is 19.2 Å². The molecule has 1 heterocycles. The quantitative estimate of drug-likeness (QED) is 0.878. The molecule has 1 unspecified atom stereocenters. The first-order valence-electron chi connectivity index (χ1n) is 5.34. The molecule has 0 radical (unpaired) electrons. The number of hydrogen-bond donors (Lipinski definition) is 1. The molecular weight excluding hydrogens is 245 g/mol. The summed E-state index contributed by atoms with van der Waals surface area (Å²) in [6.45, 7) is 5.17. The molecule has 1 aromatic rings. The molecular formula is C12H15Cl2NO. The summed E-state index contributed by atoms with van der Waals surface area (Å²) in [5.41, 5.74) is 0.135. The van der Waals surface area contributed by atoms with Crippen molar-refractivity contribution in [2.24, 2.45) is 0 Å². The maximum absolute atomic E-state index is 6.07. The molecule has 1 aliphatic heterocycles. The Kier molecular flexibility index (Phi) is 3.34. The second kappa shape index (κ2) is 4.44. The van der Waals surface area contributed by atoms with Crippen molar-refractivity contribution in [1.29, 1.82) is 0 Å². The maximum atomic E-state index is 6.07. The molecule has 88 valence electrons. The van der Waals surface area contributed by atoms with E-state index in [-0.39, 0.29) is 11.6 Å². The predicted molar refractivity (Wildman–Crippen MR) is 67.6 cm³/mol. The minimum atomic E-state index is 0.135. The van der Waals surface area contributed by atoms with E-state index in [0.29, 0.717) is 15.8 Å². The highest BCUT2D eigenvalue weighted by Crippen LogP contribution is 2.33. The summed E-state index contributed by atoms with van der Waals surface area (Å²) < 4.78 is 5.84. The lowest BCUT2D eigenvalue weighted by molar-refractivity contribution is 0.214. The molecule has 0 aromatic heterocycles. The Hall–Kier alpha value is -0.440. The van der Waals surface area contributed by atoms with Crippen LogP contribution < -0.4 is 10.1 Å². The molecule has 4 heteroatoms. The summed E-state index contributed by atoms with van der Waals surface area (Å²) in [6.07, 6.45) is 1.13. The summed E-state index contributed by atoms with van der Waals surface area (Å²) in [4.78, 5) is 0. The minimum absolute atomic E-state index is 0.135. The molecule has 1 fully saturated rings. The number of nitrogens with one attached hydrogen (secondary N) is 1. The van der Waals surface area contributed by atoms with Gasteiger partial charge in [-0.1, -0.05) is 29.3 Å². The Labute approximate surface area is 106 Å². The minimum Gasteiger partial charge on any atom is -0.487 e. The predicted octanol–water partition coefficient (Wildman–Crippen LogP) is 3.51. The summed E-state index contributed by atoms with van der Waals surface area (Å²) in [7, 11) is 0. The molecule has 2 rings (SSSR count). The number of ether oxygens (including phenoxy) is 1. The number of hydrogen-bond acceptors (Lipinski definition) is 2. The highest BCUT2D eigenvalue weighted by Gasteiger charge is 2.31. The van der Waals surface area contributed by atoms with Gasteiger partial charge < -0.3 is 10.1 Å². The van der Waals surface area contributed by atoms with Crippen LogP contribution in [0.5, 0.6) is 5.75 Å². The average molecular weight is 260 g/mol. The van der Waals surface area contributed by atoms with E-state index in [1.807, 2.05) is 12.1 Å². The third-order valence-electron chi connectivity index (χ3n) is 2.76. The molecule has 1 atom stereocenters. The largest absolute Gasteiger partial charge is 0.487 e. The summed E-state index contributed by atoms with van der Waals surface area (Å²) >= 11 is 12.0. The van der Waals surface area contributed by atoms with Gasteiger partial charge in [0.25, 0.3) is 0 Å². The maximum Gasteiger partial charge on any atom is 0.139 e. The second-order valence-corrected chi connectivity index (χ2v) is 5.55. The first-order valence-corrected chi connectivity index (χ1v) is 6.09. The van der Waals surface area contributed by atoms with Crippen LogP contribution in [0.25, 0.3) is 0 Å². The fourth-order valence-corrected chi connectivity index (χ4v) is 2.28. The Bertz CT molecular complexity index is 393. The van der Waals surface area contributed by atoms with Crippen molar-refractivity contribution in [3.05, 3.63) is 28.2 Å². The molecule has 1 N–H and O–H groups in total. The van der Waals surface area contributed by atoms with Gasteiger partial charge in [0.15, 0.2) is 0 Å². The smallest absolute Gasteiger partial charge is 0.139 e. The van der Waals surface area contributed by atoms with Gasteiger partial charge in [-0.15, -0.1) is 0 Å². The Morgan fingerprint density at radius 1 is 1.38 bits per heavy atom. The van der Waals surface area contributed by atoms with Crippen LogP contribution in [0.2, 0.25) is 10.0 Å². The number of halogens is 2. The van der Waals surface area contributed by atoms with Crippen LogP contribution in [-0.4, -0.2) is 18.2 Å². The van der Waals surface area contributed by atoms with E-state index in [0.717, 1.165) is 13.0 Å². The van der Waals surface area contributed by atoms with Gasteiger partial charge in [0.1, 0.15) is 16.9 Å². The topological polar surface area (TPSA) is 21.3 Å². The third-order valence-corrected chi connectivity index (χ3v) is 3.56. The van der Waals surface area contributed by atoms with Gasteiger partial charge >= 0.3 is 0 Å². The summed E-state index contributed by atoms with van der Waals surface area (Å²) in [5.74, 6) is 0.665. The van der Waals surface area contributed by atoms with Gasteiger partial charge in [-0.2, -0.15) is 0 Å². The molecule has 1 aromatic carbocycles. The average Bonchev–Trinajstić information content (AvgIpc) is 2.53. The number of rotatable bonds is 2.